The van der Waals surface area contributed by atoms with Gasteiger partial charge in [0, 0.05) is 0 Å². The number of para-hydroxylation sites is 2. The van der Waals surface area contributed by atoms with Crippen LogP contribution in [0.25, 0.3) is 11.0 Å². The average Bonchev–Trinajstić information content (AvgIpc) is 3.16. The summed E-state index contributed by atoms with van der Waals surface area (Å²) < 4.78 is 8.18. The Balaban J connectivity index is 1.42. The number of carbonyl (C=O) groups is 1. The summed E-state index contributed by atoms with van der Waals surface area (Å²) >= 11 is 4.83. The summed E-state index contributed by atoms with van der Waals surface area (Å²) in [4.78, 5) is 17.1. The van der Waals surface area contributed by atoms with Gasteiger partial charge in [0.15, 0.2) is 5.16 Å². The minimum atomic E-state index is -0.197. The minimum absolute atomic E-state index is 0.197. The number of thioether (sulfide) groups is 1. The molecule has 0 unspecified atom stereocenters. The number of fused-ring (bicyclic) bond motifs is 1. The van der Waals surface area contributed by atoms with Gasteiger partial charge in [-0.05, 0) is 57.4 Å². The molecule has 1 aromatic heterocycles. The maximum absolute atomic E-state index is 12.3. The van der Waals surface area contributed by atoms with Gasteiger partial charge in [0.05, 0.1) is 41.1 Å². The highest BCUT2D eigenvalue weighted by molar-refractivity contribution is 9.10. The normalized spacial score (nSPS) is 11.2. The predicted molar refractivity (Wildman–Crippen MR) is 132 cm³/mol. The molecule has 0 saturated carbocycles. The zero-order valence-electron chi connectivity index (χ0n) is 17.4. The summed E-state index contributed by atoms with van der Waals surface area (Å²) in [5, 5.41) is 4.86. The van der Waals surface area contributed by atoms with Gasteiger partial charge >= 0.3 is 0 Å². The topological polar surface area (TPSA) is 68.5 Å². The van der Waals surface area contributed by atoms with Gasteiger partial charge in [-0.25, -0.2) is 10.4 Å². The van der Waals surface area contributed by atoms with E-state index in [1.165, 1.54) is 17.3 Å². The van der Waals surface area contributed by atoms with Gasteiger partial charge in [0.25, 0.3) is 5.91 Å². The molecule has 6 nitrogen and oxygen atoms in total. The lowest BCUT2D eigenvalue weighted by Crippen LogP contribution is -2.20. The van der Waals surface area contributed by atoms with E-state index in [4.69, 9.17) is 9.72 Å². The third-order valence-electron chi connectivity index (χ3n) is 4.71. The van der Waals surface area contributed by atoms with E-state index in [9.17, 15) is 4.79 Å². The number of methoxy groups -OCH3 is 1. The molecular formula is C24H21BrN4O2S. The van der Waals surface area contributed by atoms with Crippen molar-refractivity contribution >= 4 is 50.8 Å². The summed E-state index contributed by atoms with van der Waals surface area (Å²) in [6.45, 7) is 0.690. The molecule has 0 saturated heterocycles. The molecule has 0 aliphatic heterocycles. The molecule has 0 spiro atoms. The molecule has 32 heavy (non-hydrogen) atoms. The lowest BCUT2D eigenvalue weighted by molar-refractivity contribution is -0.118. The molecule has 0 atom stereocenters. The Hall–Kier alpha value is -3.10. The zero-order valence-corrected chi connectivity index (χ0v) is 19.8. The van der Waals surface area contributed by atoms with E-state index >= 15 is 0 Å². The summed E-state index contributed by atoms with van der Waals surface area (Å²) in [7, 11) is 1.61. The number of hydrazone groups is 1. The monoisotopic (exact) mass is 508 g/mol. The number of nitrogens with zero attached hydrogens (tertiary/aromatic N) is 3. The van der Waals surface area contributed by atoms with E-state index in [1.807, 2.05) is 60.7 Å². The molecule has 8 heteroatoms. The van der Waals surface area contributed by atoms with Crippen molar-refractivity contribution in [2.24, 2.45) is 5.10 Å². The molecule has 0 fully saturated rings. The van der Waals surface area contributed by atoms with Crippen molar-refractivity contribution in [1.82, 2.24) is 15.0 Å². The lowest BCUT2D eigenvalue weighted by atomic mass is 10.2. The molecule has 162 valence electrons. The third-order valence-corrected chi connectivity index (χ3v) is 6.31. The average molecular weight is 509 g/mol. The number of amides is 1. The molecule has 1 amide bonds. The SMILES string of the molecule is COc1ccc(/C=N/NC(=O)CSc2nc3ccccc3n2Cc2ccccc2)cc1Br. The smallest absolute Gasteiger partial charge is 0.250 e. The number of aromatic nitrogens is 2. The second kappa shape index (κ2) is 10.5. The summed E-state index contributed by atoms with van der Waals surface area (Å²) in [5.41, 5.74) is 6.55. The largest absolute Gasteiger partial charge is 0.496 e. The molecule has 0 radical (unpaired) electrons. The van der Waals surface area contributed by atoms with Gasteiger partial charge in [0.2, 0.25) is 0 Å². The zero-order chi connectivity index (χ0) is 22.3. The number of benzene rings is 3. The first-order valence-corrected chi connectivity index (χ1v) is 11.7. The van der Waals surface area contributed by atoms with Crippen LogP contribution in [-0.4, -0.2) is 34.5 Å². The van der Waals surface area contributed by atoms with Crippen molar-refractivity contribution in [3.63, 3.8) is 0 Å². The maximum Gasteiger partial charge on any atom is 0.250 e. The Kier molecular flexibility index (Phi) is 7.24. The van der Waals surface area contributed by atoms with Crippen LogP contribution < -0.4 is 10.2 Å². The van der Waals surface area contributed by atoms with Crippen molar-refractivity contribution in [3.8, 4) is 5.75 Å². The fraction of sp³-hybridized carbons (Fsp3) is 0.125. The van der Waals surface area contributed by atoms with Crippen LogP contribution in [-0.2, 0) is 11.3 Å². The second-order valence-electron chi connectivity index (χ2n) is 6.93. The Morgan fingerprint density at radius 1 is 1.16 bits per heavy atom. The van der Waals surface area contributed by atoms with E-state index in [0.717, 1.165) is 32.0 Å². The van der Waals surface area contributed by atoms with Gasteiger partial charge < -0.3 is 9.30 Å². The highest BCUT2D eigenvalue weighted by Crippen LogP contribution is 2.26. The van der Waals surface area contributed by atoms with Crippen LogP contribution in [0.5, 0.6) is 5.75 Å². The first-order chi connectivity index (χ1) is 15.6. The fourth-order valence-corrected chi connectivity index (χ4v) is 4.55. The molecule has 0 bridgehead atoms. The summed E-state index contributed by atoms with van der Waals surface area (Å²) in [5.74, 6) is 0.750. The van der Waals surface area contributed by atoms with Crippen molar-refractivity contribution in [2.45, 2.75) is 11.7 Å². The number of nitrogens with one attached hydrogen (secondary N) is 1. The first kappa shape index (κ1) is 22.1. The number of halogens is 1. The van der Waals surface area contributed by atoms with Crippen LogP contribution in [0, 0.1) is 0 Å². The van der Waals surface area contributed by atoms with E-state index in [1.54, 1.807) is 13.3 Å². The summed E-state index contributed by atoms with van der Waals surface area (Å²) in [6, 6.07) is 23.8. The minimum Gasteiger partial charge on any atom is -0.496 e. The van der Waals surface area contributed by atoms with Crippen molar-refractivity contribution in [2.75, 3.05) is 12.9 Å². The Morgan fingerprint density at radius 2 is 1.94 bits per heavy atom. The number of ether oxygens (including phenoxy) is 1. The van der Waals surface area contributed by atoms with Crippen LogP contribution in [0.15, 0.2) is 87.5 Å². The number of hydrogen-bond acceptors (Lipinski definition) is 5. The van der Waals surface area contributed by atoms with Gasteiger partial charge in [-0.1, -0.05) is 54.2 Å². The maximum atomic E-state index is 12.3. The van der Waals surface area contributed by atoms with Gasteiger partial charge in [-0.3, -0.25) is 4.79 Å². The quantitative estimate of drug-likeness (QED) is 0.204. The van der Waals surface area contributed by atoms with Crippen LogP contribution in [0.3, 0.4) is 0 Å². The van der Waals surface area contributed by atoms with Crippen LogP contribution in [0.1, 0.15) is 11.1 Å². The van der Waals surface area contributed by atoms with E-state index in [-0.39, 0.29) is 11.7 Å². The molecule has 3 aromatic carbocycles. The third kappa shape index (κ3) is 5.38. The van der Waals surface area contributed by atoms with Crippen LogP contribution in [0.2, 0.25) is 0 Å². The van der Waals surface area contributed by atoms with Crippen molar-refractivity contribution in [1.29, 1.82) is 0 Å². The van der Waals surface area contributed by atoms with Crippen LogP contribution in [0.4, 0.5) is 0 Å². The van der Waals surface area contributed by atoms with Crippen molar-refractivity contribution < 1.29 is 9.53 Å². The second-order valence-corrected chi connectivity index (χ2v) is 8.73. The molecule has 0 aliphatic carbocycles. The molecule has 4 rings (SSSR count). The first-order valence-electron chi connectivity index (χ1n) is 9.91. The highest BCUT2D eigenvalue weighted by atomic mass is 79.9. The van der Waals surface area contributed by atoms with Crippen LogP contribution >= 0.6 is 27.7 Å². The highest BCUT2D eigenvalue weighted by Gasteiger charge is 2.13. The molecule has 1 N–H and O–H groups in total. The summed E-state index contributed by atoms with van der Waals surface area (Å²) in [6.07, 6.45) is 1.59. The number of imidazole rings is 1. The number of carbonyl (C=O) groups excluding carboxylic acids is 1. The molecule has 4 aromatic rings. The number of hydrogen-bond donors (Lipinski definition) is 1. The predicted octanol–water partition coefficient (Wildman–Crippen LogP) is 5.10. The molecule has 1 heterocycles. The Bertz CT molecular complexity index is 1260. The fourth-order valence-electron chi connectivity index (χ4n) is 3.19. The van der Waals surface area contributed by atoms with Gasteiger partial charge in [-0.15, -0.1) is 0 Å². The van der Waals surface area contributed by atoms with E-state index in [0.29, 0.717) is 6.54 Å². The molecular weight excluding hydrogens is 488 g/mol. The van der Waals surface area contributed by atoms with Crippen molar-refractivity contribution in [3.05, 3.63) is 88.4 Å². The lowest BCUT2D eigenvalue weighted by Gasteiger charge is -2.09. The van der Waals surface area contributed by atoms with Gasteiger partial charge in [0.1, 0.15) is 5.75 Å². The standard InChI is InChI=1S/C24H21BrN4O2S/c1-31-22-12-11-18(13-19(22)25)14-26-28-23(30)16-32-24-27-20-9-5-6-10-21(20)29(24)15-17-7-3-2-4-8-17/h2-14H,15-16H2,1H3,(H,28,30)/b26-14+. The number of rotatable bonds is 8. The molecule has 0 aliphatic rings. The Labute approximate surface area is 198 Å². The van der Waals surface area contributed by atoms with E-state index < -0.39 is 0 Å². The Morgan fingerprint density at radius 3 is 2.72 bits per heavy atom. The van der Waals surface area contributed by atoms with E-state index in [2.05, 4.69) is 43.2 Å². The van der Waals surface area contributed by atoms with Gasteiger partial charge in [-0.2, -0.15) is 5.10 Å².